The summed E-state index contributed by atoms with van der Waals surface area (Å²) in [7, 11) is 0. The Morgan fingerprint density at radius 1 is 0.218 bits per heavy atom. The van der Waals surface area contributed by atoms with E-state index >= 15 is 0 Å². The summed E-state index contributed by atoms with van der Waals surface area (Å²) >= 11 is 0. The van der Waals surface area contributed by atoms with E-state index in [1.807, 2.05) is 73.9 Å². The first-order valence-corrected chi connectivity index (χ1v) is 26.0. The van der Waals surface area contributed by atoms with Crippen molar-refractivity contribution in [2.75, 3.05) is 0 Å². The molecule has 0 amide bonds. The van der Waals surface area contributed by atoms with Gasteiger partial charge in [-0.1, -0.05) is 194 Å². The van der Waals surface area contributed by atoms with Crippen LogP contribution in [0.1, 0.15) is 45.0 Å². The number of hydrogen-bond donors (Lipinski definition) is 0. The number of pyridine rings is 4. The number of rotatable bonds is 12. The van der Waals surface area contributed by atoms with E-state index in [2.05, 4.69) is 218 Å². The molecule has 0 spiro atoms. The van der Waals surface area contributed by atoms with E-state index in [0.29, 0.717) is 22.8 Å². The topological polar surface area (TPSA) is 77.3 Å². The molecule has 5 aromatic heterocycles. The van der Waals surface area contributed by atoms with Crippen LogP contribution in [0.2, 0.25) is 0 Å². The summed E-state index contributed by atoms with van der Waals surface area (Å²) in [6.07, 6.45) is 31.6. The molecule has 6 nitrogen and oxygen atoms in total. The highest BCUT2D eigenvalue weighted by Gasteiger charge is 2.12. The van der Waals surface area contributed by atoms with Crippen LogP contribution in [0.4, 0.5) is 0 Å². The van der Waals surface area contributed by atoms with Crippen LogP contribution in [0.5, 0.6) is 0 Å². The molecular formula is C72H48N6. The predicted molar refractivity (Wildman–Crippen MR) is 326 cm³/mol. The van der Waals surface area contributed by atoms with Crippen molar-refractivity contribution in [3.05, 3.63) is 289 Å². The smallest absolute Gasteiger partial charge is 0.0894 e. The van der Waals surface area contributed by atoms with E-state index in [-0.39, 0.29) is 0 Å². The molecule has 78 heavy (non-hydrogen) atoms. The summed E-state index contributed by atoms with van der Waals surface area (Å²) in [4.78, 5) is 29.8. The molecule has 13 rings (SSSR count). The lowest BCUT2D eigenvalue weighted by Crippen LogP contribution is -2.00. The van der Waals surface area contributed by atoms with Gasteiger partial charge < -0.3 is 0 Å². The molecule has 13 aromatic rings. The van der Waals surface area contributed by atoms with Gasteiger partial charge in [-0.25, -0.2) is 9.97 Å². The molecule has 6 heteroatoms. The van der Waals surface area contributed by atoms with E-state index in [1.165, 1.54) is 43.1 Å². The van der Waals surface area contributed by atoms with Crippen LogP contribution in [-0.4, -0.2) is 29.9 Å². The summed E-state index contributed by atoms with van der Waals surface area (Å²) < 4.78 is 0. The Morgan fingerprint density at radius 3 is 0.705 bits per heavy atom. The van der Waals surface area contributed by atoms with E-state index in [4.69, 9.17) is 29.9 Å². The zero-order valence-corrected chi connectivity index (χ0v) is 42.4. The van der Waals surface area contributed by atoms with Crippen molar-refractivity contribution in [1.82, 2.24) is 29.9 Å². The van der Waals surface area contributed by atoms with Gasteiger partial charge in [0.25, 0.3) is 0 Å². The monoisotopic (exact) mass is 996 g/mol. The Labute approximate surface area is 452 Å². The summed E-state index contributed by atoms with van der Waals surface area (Å²) in [6, 6.07) is 68.1. The number of nitrogens with zero attached hydrogens (tertiary/aromatic N) is 6. The Balaban J connectivity index is 0.936. The maximum absolute atomic E-state index is 5.46. The Bertz CT molecular complexity index is 3930. The van der Waals surface area contributed by atoms with Crippen molar-refractivity contribution in [3.8, 4) is 44.5 Å². The van der Waals surface area contributed by atoms with Crippen LogP contribution in [0.25, 0.3) is 136 Å². The molecule has 0 radical (unpaired) electrons. The number of fused-ring (bicyclic) bond motifs is 4. The van der Waals surface area contributed by atoms with Crippen molar-refractivity contribution < 1.29 is 0 Å². The van der Waals surface area contributed by atoms with Crippen molar-refractivity contribution in [2.45, 2.75) is 0 Å². The maximum Gasteiger partial charge on any atom is 0.0894 e. The first kappa shape index (κ1) is 47.2. The second-order valence-electron chi connectivity index (χ2n) is 19.2. The van der Waals surface area contributed by atoms with Crippen molar-refractivity contribution >= 4 is 91.7 Å². The summed E-state index contributed by atoms with van der Waals surface area (Å²) in [5, 5.41) is 9.42. The molecular weight excluding hydrogens is 949 g/mol. The lowest BCUT2D eigenvalue weighted by atomic mass is 9.98. The lowest BCUT2D eigenvalue weighted by molar-refractivity contribution is 1.12. The van der Waals surface area contributed by atoms with Crippen LogP contribution in [0.15, 0.2) is 244 Å². The molecule has 366 valence electrons. The molecule has 8 aromatic carbocycles. The molecule has 0 aliphatic rings. The summed E-state index contributed by atoms with van der Waals surface area (Å²) in [6.45, 7) is 0. The molecule has 0 atom stereocenters. The number of aromatic nitrogens is 6. The average Bonchev–Trinajstić information content (AvgIpc) is 3.54. The first-order valence-electron chi connectivity index (χ1n) is 26.0. The minimum Gasteiger partial charge on any atom is -0.263 e. The van der Waals surface area contributed by atoms with E-state index in [0.717, 1.165) is 66.8 Å². The SMILES string of the molecule is C(=Cc1nc(C=Cc2cncc(-c3cccc4ccccc34)c2)c(C=Cc2cncc(-c3cccc4ccccc34)c2)nc1C=Cc1cncc(-c2cccc3ccccc23)c1)c1cncc(-c2cccc3ccccc23)c1. The Hall–Kier alpha value is -10.6. The third-order valence-electron chi connectivity index (χ3n) is 14.2. The fourth-order valence-electron chi connectivity index (χ4n) is 10.4. The fraction of sp³-hybridized carbons (Fsp3) is 0. The Morgan fingerprint density at radius 2 is 0.449 bits per heavy atom. The summed E-state index contributed by atoms with van der Waals surface area (Å²) in [5.41, 5.74) is 15.1. The third kappa shape index (κ3) is 9.93. The van der Waals surface area contributed by atoms with E-state index in [9.17, 15) is 0 Å². The normalized spacial score (nSPS) is 11.9. The van der Waals surface area contributed by atoms with Crippen LogP contribution >= 0.6 is 0 Å². The van der Waals surface area contributed by atoms with E-state index in [1.54, 1.807) is 0 Å². The molecule has 0 saturated heterocycles. The quantitative estimate of drug-likeness (QED) is 0.121. The molecule has 5 heterocycles. The minimum absolute atomic E-state index is 0.680. The predicted octanol–water partition coefficient (Wildman–Crippen LogP) is 18.0. The largest absolute Gasteiger partial charge is 0.263 e. The van der Waals surface area contributed by atoms with Gasteiger partial charge in [0.05, 0.1) is 22.8 Å². The third-order valence-corrected chi connectivity index (χ3v) is 14.2. The van der Waals surface area contributed by atoms with E-state index < -0.39 is 0 Å². The van der Waals surface area contributed by atoms with Gasteiger partial charge in [0.2, 0.25) is 0 Å². The van der Waals surface area contributed by atoms with Gasteiger partial charge in [-0.15, -0.1) is 0 Å². The van der Waals surface area contributed by atoms with Gasteiger partial charge in [-0.2, -0.15) is 0 Å². The molecule has 0 saturated carbocycles. The zero-order chi connectivity index (χ0) is 52.0. The Kier molecular flexibility index (Phi) is 12.9. The molecule has 0 unspecified atom stereocenters. The standard InChI is InChI=1S/C72H48N6/c1-5-21-61-53(13-1)17-9-25-65(61)57-37-49(41-73-45-57)29-33-69-70(34-30-50-38-58(46-74-42-50)66-26-10-18-54-14-2-6-22-62(54)66)78-72(36-32-52-40-60(48-76-44-52)68-28-12-20-56-16-4-8-24-64(56)68)71(77-69)35-31-51-39-59(47-75-43-51)67-27-11-19-55-15-3-7-23-63(55)67/h1-48H. The highest BCUT2D eigenvalue weighted by Crippen LogP contribution is 2.34. The molecule has 0 bridgehead atoms. The molecule has 0 aliphatic heterocycles. The zero-order valence-electron chi connectivity index (χ0n) is 42.4. The lowest BCUT2D eigenvalue weighted by Gasteiger charge is -2.09. The van der Waals surface area contributed by atoms with Gasteiger partial charge >= 0.3 is 0 Å². The van der Waals surface area contributed by atoms with Crippen molar-refractivity contribution in [2.24, 2.45) is 0 Å². The van der Waals surface area contributed by atoms with Gasteiger partial charge in [0.15, 0.2) is 0 Å². The molecule has 0 N–H and O–H groups in total. The fourth-order valence-corrected chi connectivity index (χ4v) is 10.4. The highest BCUT2D eigenvalue weighted by atomic mass is 14.8. The second kappa shape index (κ2) is 21.4. The first-order chi connectivity index (χ1) is 38.6. The van der Waals surface area contributed by atoms with Gasteiger partial charge in [-0.3, -0.25) is 19.9 Å². The van der Waals surface area contributed by atoms with Gasteiger partial charge in [0.1, 0.15) is 0 Å². The van der Waals surface area contributed by atoms with Crippen LogP contribution < -0.4 is 0 Å². The maximum atomic E-state index is 5.46. The second-order valence-corrected chi connectivity index (χ2v) is 19.2. The highest BCUT2D eigenvalue weighted by molar-refractivity contribution is 6.00. The minimum atomic E-state index is 0.680. The summed E-state index contributed by atoms with van der Waals surface area (Å²) in [5.74, 6) is 0. The number of hydrogen-bond acceptors (Lipinski definition) is 6. The van der Waals surface area contributed by atoms with Crippen LogP contribution in [0.3, 0.4) is 0 Å². The average molecular weight is 997 g/mol. The van der Waals surface area contributed by atoms with Gasteiger partial charge in [-0.05, 0) is 136 Å². The van der Waals surface area contributed by atoms with Crippen molar-refractivity contribution in [1.29, 1.82) is 0 Å². The molecule has 0 aliphatic carbocycles. The van der Waals surface area contributed by atoms with Crippen LogP contribution in [0, 0.1) is 0 Å². The van der Waals surface area contributed by atoms with Gasteiger partial charge in [0, 0.05) is 71.8 Å². The van der Waals surface area contributed by atoms with Crippen LogP contribution in [-0.2, 0) is 0 Å². The number of benzene rings is 8. The molecule has 0 fully saturated rings. The van der Waals surface area contributed by atoms with Crippen molar-refractivity contribution in [3.63, 3.8) is 0 Å².